The van der Waals surface area contributed by atoms with Gasteiger partial charge >= 0.3 is 0 Å². The highest BCUT2D eigenvalue weighted by Gasteiger charge is 2.17. The van der Waals surface area contributed by atoms with Crippen molar-refractivity contribution in [1.82, 2.24) is 4.90 Å². The van der Waals surface area contributed by atoms with E-state index in [1.165, 1.54) is 76.8 Å². The van der Waals surface area contributed by atoms with Gasteiger partial charge in [-0.1, -0.05) is 31.4 Å². The SMILES string of the molecule is CCN(CCN1CCCCC1)c1ccc(C2CCCC2)cc1. The molecule has 2 aliphatic rings. The van der Waals surface area contributed by atoms with E-state index in [2.05, 4.69) is 41.0 Å². The third-order valence-corrected chi connectivity index (χ3v) is 5.60. The molecule has 1 aromatic rings. The van der Waals surface area contributed by atoms with E-state index in [9.17, 15) is 0 Å². The van der Waals surface area contributed by atoms with Gasteiger partial charge in [0.05, 0.1) is 0 Å². The van der Waals surface area contributed by atoms with Crippen LogP contribution < -0.4 is 4.90 Å². The number of rotatable bonds is 6. The fraction of sp³-hybridized carbons (Fsp3) is 0.700. The summed E-state index contributed by atoms with van der Waals surface area (Å²) in [6.45, 7) is 8.38. The quantitative estimate of drug-likeness (QED) is 0.754. The van der Waals surface area contributed by atoms with Crippen LogP contribution >= 0.6 is 0 Å². The Morgan fingerprint density at radius 2 is 1.64 bits per heavy atom. The van der Waals surface area contributed by atoms with Gasteiger partial charge < -0.3 is 9.80 Å². The van der Waals surface area contributed by atoms with Gasteiger partial charge in [0, 0.05) is 25.3 Å². The van der Waals surface area contributed by atoms with Crippen LogP contribution in [0.3, 0.4) is 0 Å². The van der Waals surface area contributed by atoms with E-state index in [4.69, 9.17) is 0 Å². The van der Waals surface area contributed by atoms with Gasteiger partial charge in [-0.2, -0.15) is 0 Å². The zero-order valence-corrected chi connectivity index (χ0v) is 14.3. The summed E-state index contributed by atoms with van der Waals surface area (Å²) in [7, 11) is 0. The molecular formula is C20H32N2. The Labute approximate surface area is 136 Å². The number of anilines is 1. The minimum atomic E-state index is 0.831. The highest BCUT2D eigenvalue weighted by atomic mass is 15.2. The van der Waals surface area contributed by atoms with Crippen LogP contribution in [0, 0.1) is 0 Å². The van der Waals surface area contributed by atoms with Crippen molar-refractivity contribution in [3.63, 3.8) is 0 Å². The van der Waals surface area contributed by atoms with E-state index < -0.39 is 0 Å². The molecule has 122 valence electrons. The monoisotopic (exact) mass is 300 g/mol. The molecule has 2 nitrogen and oxygen atoms in total. The van der Waals surface area contributed by atoms with Crippen molar-refractivity contribution < 1.29 is 0 Å². The molecule has 0 aromatic heterocycles. The average molecular weight is 300 g/mol. The Balaban J connectivity index is 1.55. The zero-order chi connectivity index (χ0) is 15.2. The minimum absolute atomic E-state index is 0.831. The van der Waals surface area contributed by atoms with Gasteiger partial charge in [-0.3, -0.25) is 0 Å². The maximum Gasteiger partial charge on any atom is 0.0366 e. The summed E-state index contributed by atoms with van der Waals surface area (Å²) in [6.07, 6.45) is 9.84. The van der Waals surface area contributed by atoms with E-state index in [-0.39, 0.29) is 0 Å². The molecule has 22 heavy (non-hydrogen) atoms. The van der Waals surface area contributed by atoms with Crippen molar-refractivity contribution in [2.24, 2.45) is 0 Å². The predicted molar refractivity (Wildman–Crippen MR) is 95.8 cm³/mol. The molecule has 0 unspecified atom stereocenters. The van der Waals surface area contributed by atoms with Crippen molar-refractivity contribution in [2.75, 3.05) is 37.6 Å². The van der Waals surface area contributed by atoms with Crippen LogP contribution in [0.5, 0.6) is 0 Å². The molecule has 1 saturated carbocycles. The van der Waals surface area contributed by atoms with Gasteiger partial charge in [0.2, 0.25) is 0 Å². The van der Waals surface area contributed by atoms with Gasteiger partial charge in [-0.05, 0) is 69.3 Å². The van der Waals surface area contributed by atoms with Crippen molar-refractivity contribution in [3.05, 3.63) is 29.8 Å². The molecule has 1 aliphatic heterocycles. The molecule has 0 bridgehead atoms. The first-order valence-corrected chi connectivity index (χ1v) is 9.44. The molecule has 0 atom stereocenters. The van der Waals surface area contributed by atoms with E-state index >= 15 is 0 Å². The number of piperidine rings is 1. The first kappa shape index (κ1) is 15.9. The molecule has 1 heterocycles. The largest absolute Gasteiger partial charge is 0.371 e. The Morgan fingerprint density at radius 1 is 0.955 bits per heavy atom. The number of hydrogen-bond donors (Lipinski definition) is 0. The number of hydrogen-bond acceptors (Lipinski definition) is 2. The van der Waals surface area contributed by atoms with E-state index in [0.717, 1.165) is 12.5 Å². The van der Waals surface area contributed by atoms with Gasteiger partial charge in [-0.25, -0.2) is 0 Å². The lowest BCUT2D eigenvalue weighted by molar-refractivity contribution is 0.233. The summed E-state index contributed by atoms with van der Waals surface area (Å²) in [5.41, 5.74) is 2.97. The second kappa shape index (κ2) is 8.01. The predicted octanol–water partition coefficient (Wildman–Crippen LogP) is 4.66. The molecule has 0 radical (unpaired) electrons. The van der Waals surface area contributed by atoms with Gasteiger partial charge in [0.1, 0.15) is 0 Å². The Hall–Kier alpha value is -1.02. The number of likely N-dealkylation sites (N-methyl/N-ethyl adjacent to an activating group) is 1. The van der Waals surface area contributed by atoms with Crippen molar-refractivity contribution in [1.29, 1.82) is 0 Å². The summed E-state index contributed by atoms with van der Waals surface area (Å²) in [5, 5.41) is 0. The lowest BCUT2D eigenvalue weighted by Crippen LogP contribution is -2.37. The summed E-state index contributed by atoms with van der Waals surface area (Å²) < 4.78 is 0. The first-order valence-electron chi connectivity index (χ1n) is 9.44. The van der Waals surface area contributed by atoms with Crippen LogP contribution in [0.25, 0.3) is 0 Å². The summed E-state index contributed by atoms with van der Waals surface area (Å²) >= 11 is 0. The first-order chi connectivity index (χ1) is 10.9. The van der Waals surface area contributed by atoms with Crippen molar-refractivity contribution >= 4 is 5.69 Å². The molecule has 3 rings (SSSR count). The second-order valence-corrected chi connectivity index (χ2v) is 7.05. The van der Waals surface area contributed by atoms with Crippen LogP contribution in [0.4, 0.5) is 5.69 Å². The highest BCUT2D eigenvalue weighted by Crippen LogP contribution is 2.34. The molecule has 0 amide bonds. The third kappa shape index (κ3) is 4.04. The molecule has 1 saturated heterocycles. The standard InChI is InChI=1S/C20H32N2/c1-2-22(17-16-21-14-6-3-7-15-21)20-12-10-19(11-13-20)18-8-4-5-9-18/h10-13,18H,2-9,14-17H2,1H3. The molecule has 0 N–H and O–H groups in total. The highest BCUT2D eigenvalue weighted by molar-refractivity contribution is 5.48. The molecule has 1 aromatic carbocycles. The zero-order valence-electron chi connectivity index (χ0n) is 14.3. The average Bonchev–Trinajstić information content (AvgIpc) is 3.11. The normalized spacial score (nSPS) is 20.4. The summed E-state index contributed by atoms with van der Waals surface area (Å²) in [6, 6.07) is 9.48. The van der Waals surface area contributed by atoms with Gasteiger partial charge in [-0.15, -0.1) is 0 Å². The van der Waals surface area contributed by atoms with Gasteiger partial charge in [0.15, 0.2) is 0 Å². The van der Waals surface area contributed by atoms with E-state index in [0.29, 0.717) is 0 Å². The Bertz CT molecular complexity index is 428. The summed E-state index contributed by atoms with van der Waals surface area (Å²) in [5.74, 6) is 0.831. The topological polar surface area (TPSA) is 6.48 Å². The van der Waals surface area contributed by atoms with Crippen LogP contribution in [0.2, 0.25) is 0 Å². The molecule has 0 spiro atoms. The van der Waals surface area contributed by atoms with Crippen LogP contribution in [0.1, 0.15) is 63.4 Å². The lowest BCUT2D eigenvalue weighted by atomic mass is 9.97. The van der Waals surface area contributed by atoms with Crippen molar-refractivity contribution in [2.45, 2.75) is 57.8 Å². The number of likely N-dealkylation sites (tertiary alicyclic amines) is 1. The fourth-order valence-corrected chi connectivity index (χ4v) is 4.13. The molecule has 2 fully saturated rings. The maximum absolute atomic E-state index is 2.64. The second-order valence-electron chi connectivity index (χ2n) is 7.05. The number of benzene rings is 1. The van der Waals surface area contributed by atoms with E-state index in [1.54, 1.807) is 5.56 Å². The maximum atomic E-state index is 2.64. The minimum Gasteiger partial charge on any atom is -0.371 e. The Morgan fingerprint density at radius 3 is 2.27 bits per heavy atom. The third-order valence-electron chi connectivity index (χ3n) is 5.60. The lowest BCUT2D eigenvalue weighted by Gasteiger charge is -2.30. The van der Waals surface area contributed by atoms with Gasteiger partial charge in [0.25, 0.3) is 0 Å². The van der Waals surface area contributed by atoms with Crippen molar-refractivity contribution in [3.8, 4) is 0 Å². The molecule has 2 heteroatoms. The van der Waals surface area contributed by atoms with Crippen LogP contribution in [-0.2, 0) is 0 Å². The number of nitrogens with zero attached hydrogens (tertiary/aromatic N) is 2. The molecular weight excluding hydrogens is 268 g/mol. The van der Waals surface area contributed by atoms with E-state index in [1.807, 2.05) is 0 Å². The Kier molecular flexibility index (Phi) is 5.77. The van der Waals surface area contributed by atoms with Crippen LogP contribution in [0.15, 0.2) is 24.3 Å². The van der Waals surface area contributed by atoms with Crippen LogP contribution in [-0.4, -0.2) is 37.6 Å². The molecule has 1 aliphatic carbocycles. The summed E-state index contributed by atoms with van der Waals surface area (Å²) in [4.78, 5) is 5.17. The smallest absolute Gasteiger partial charge is 0.0366 e. The fourth-order valence-electron chi connectivity index (χ4n) is 4.13.